The van der Waals surface area contributed by atoms with E-state index in [1.165, 1.54) is 16.4 Å². The number of anilines is 1. The Labute approximate surface area is 188 Å². The van der Waals surface area contributed by atoms with E-state index in [1.54, 1.807) is 42.2 Å². The van der Waals surface area contributed by atoms with Crippen molar-refractivity contribution in [2.24, 2.45) is 0 Å². The standard InChI is InChI=1S/C22H28N4O5S/c1-15(2)23-22(29)24-18-7-5-17(6-8-18)21(28)25-10-12-26(13-11-25)32(30,31)20-14-16(3)4-9-19(20)27/h4-9,14-15,27H,10-13H2,1-3H3,(H2,23,24,29). The van der Waals surface area contributed by atoms with Crippen LogP contribution >= 0.6 is 0 Å². The number of hydrogen-bond acceptors (Lipinski definition) is 5. The highest BCUT2D eigenvalue weighted by molar-refractivity contribution is 7.89. The van der Waals surface area contributed by atoms with Crippen molar-refractivity contribution in [3.63, 3.8) is 0 Å². The van der Waals surface area contributed by atoms with E-state index < -0.39 is 10.0 Å². The Morgan fingerprint density at radius 2 is 1.62 bits per heavy atom. The van der Waals surface area contributed by atoms with Crippen molar-refractivity contribution in [3.8, 4) is 5.75 Å². The maximum absolute atomic E-state index is 12.9. The van der Waals surface area contributed by atoms with Gasteiger partial charge in [-0.3, -0.25) is 4.79 Å². The summed E-state index contributed by atoms with van der Waals surface area (Å²) in [5.74, 6) is -0.497. The molecule has 3 amide bonds. The van der Waals surface area contributed by atoms with E-state index in [4.69, 9.17) is 0 Å². The molecule has 10 heteroatoms. The van der Waals surface area contributed by atoms with Gasteiger partial charge in [0.2, 0.25) is 10.0 Å². The van der Waals surface area contributed by atoms with Crippen molar-refractivity contribution in [2.45, 2.75) is 31.7 Å². The van der Waals surface area contributed by atoms with Crippen LogP contribution in [0.15, 0.2) is 47.4 Å². The lowest BCUT2D eigenvalue weighted by Gasteiger charge is -2.34. The van der Waals surface area contributed by atoms with Gasteiger partial charge in [0.1, 0.15) is 10.6 Å². The highest BCUT2D eigenvalue weighted by Crippen LogP contribution is 2.27. The minimum atomic E-state index is -3.86. The number of sulfonamides is 1. The molecule has 172 valence electrons. The van der Waals surface area contributed by atoms with Gasteiger partial charge in [0.05, 0.1) is 0 Å². The molecule has 2 aromatic rings. The van der Waals surface area contributed by atoms with E-state index in [-0.39, 0.29) is 54.8 Å². The average Bonchev–Trinajstić information content (AvgIpc) is 2.75. The Morgan fingerprint density at radius 3 is 2.22 bits per heavy atom. The van der Waals surface area contributed by atoms with Crippen molar-refractivity contribution in [1.82, 2.24) is 14.5 Å². The van der Waals surface area contributed by atoms with Gasteiger partial charge in [-0.1, -0.05) is 6.07 Å². The number of aryl methyl sites for hydroxylation is 1. The first kappa shape index (κ1) is 23.6. The van der Waals surface area contributed by atoms with Gasteiger partial charge < -0.3 is 20.6 Å². The molecule has 0 radical (unpaired) electrons. The molecule has 0 saturated carbocycles. The minimum Gasteiger partial charge on any atom is -0.507 e. The zero-order valence-electron chi connectivity index (χ0n) is 18.3. The first-order valence-electron chi connectivity index (χ1n) is 10.3. The maximum Gasteiger partial charge on any atom is 0.319 e. The number of hydrogen-bond donors (Lipinski definition) is 3. The van der Waals surface area contributed by atoms with E-state index in [0.29, 0.717) is 11.3 Å². The van der Waals surface area contributed by atoms with Crippen LogP contribution in [-0.4, -0.2) is 66.9 Å². The Kier molecular flexibility index (Phi) is 7.05. The van der Waals surface area contributed by atoms with Gasteiger partial charge in [0, 0.05) is 43.5 Å². The number of phenolic OH excluding ortho intramolecular Hbond substituents is 1. The second kappa shape index (κ2) is 9.58. The molecule has 1 aliphatic heterocycles. The Bertz CT molecular complexity index is 1090. The van der Waals surface area contributed by atoms with Gasteiger partial charge in [-0.2, -0.15) is 4.31 Å². The normalized spacial score (nSPS) is 14.9. The smallest absolute Gasteiger partial charge is 0.319 e. The van der Waals surface area contributed by atoms with E-state index >= 15 is 0 Å². The molecule has 0 bridgehead atoms. The van der Waals surface area contributed by atoms with Crippen LogP contribution in [0.25, 0.3) is 0 Å². The van der Waals surface area contributed by atoms with Crippen LogP contribution < -0.4 is 10.6 Å². The lowest BCUT2D eigenvalue weighted by Crippen LogP contribution is -2.50. The summed E-state index contributed by atoms with van der Waals surface area (Å²) < 4.78 is 27.1. The number of benzene rings is 2. The number of aromatic hydroxyl groups is 1. The summed E-state index contributed by atoms with van der Waals surface area (Å²) in [7, 11) is -3.86. The summed E-state index contributed by atoms with van der Waals surface area (Å²) in [6.07, 6.45) is 0. The van der Waals surface area contributed by atoms with Crippen LogP contribution in [0.1, 0.15) is 29.8 Å². The average molecular weight is 461 g/mol. The first-order valence-corrected chi connectivity index (χ1v) is 11.8. The third kappa shape index (κ3) is 5.38. The zero-order chi connectivity index (χ0) is 23.5. The van der Waals surface area contributed by atoms with Gasteiger partial charge in [-0.05, 0) is 62.7 Å². The van der Waals surface area contributed by atoms with Gasteiger partial charge in [0.15, 0.2) is 0 Å². The first-order chi connectivity index (χ1) is 15.1. The number of urea groups is 1. The number of nitrogens with one attached hydrogen (secondary N) is 2. The molecular formula is C22H28N4O5S. The summed E-state index contributed by atoms with van der Waals surface area (Å²) in [6, 6.07) is 10.7. The van der Waals surface area contributed by atoms with Gasteiger partial charge in [-0.25, -0.2) is 13.2 Å². The van der Waals surface area contributed by atoms with Crippen molar-refractivity contribution < 1.29 is 23.1 Å². The van der Waals surface area contributed by atoms with E-state index in [1.807, 2.05) is 13.8 Å². The fourth-order valence-corrected chi connectivity index (χ4v) is 5.00. The van der Waals surface area contributed by atoms with Crippen molar-refractivity contribution in [2.75, 3.05) is 31.5 Å². The highest BCUT2D eigenvalue weighted by Gasteiger charge is 2.32. The Hall–Kier alpha value is -3.11. The highest BCUT2D eigenvalue weighted by atomic mass is 32.2. The molecule has 2 aromatic carbocycles. The van der Waals surface area contributed by atoms with Gasteiger partial charge in [0.25, 0.3) is 5.91 Å². The topological polar surface area (TPSA) is 119 Å². The molecule has 32 heavy (non-hydrogen) atoms. The van der Waals surface area contributed by atoms with E-state index in [9.17, 15) is 23.1 Å². The predicted molar refractivity (Wildman–Crippen MR) is 121 cm³/mol. The molecule has 0 atom stereocenters. The largest absolute Gasteiger partial charge is 0.507 e. The number of rotatable bonds is 5. The summed E-state index contributed by atoms with van der Waals surface area (Å²) in [5.41, 5.74) is 1.75. The second-order valence-corrected chi connectivity index (χ2v) is 9.90. The maximum atomic E-state index is 12.9. The summed E-state index contributed by atoms with van der Waals surface area (Å²) in [6.45, 7) is 6.22. The molecule has 3 rings (SSSR count). The van der Waals surface area contributed by atoms with Crippen LogP contribution in [0, 0.1) is 6.92 Å². The van der Waals surface area contributed by atoms with Gasteiger partial charge in [-0.15, -0.1) is 0 Å². The lowest BCUT2D eigenvalue weighted by molar-refractivity contribution is 0.0697. The van der Waals surface area contributed by atoms with Crippen LogP contribution in [0.5, 0.6) is 5.75 Å². The number of amides is 3. The molecule has 1 fully saturated rings. The molecular weight excluding hydrogens is 432 g/mol. The molecule has 0 unspecified atom stereocenters. The van der Waals surface area contributed by atoms with Crippen LogP contribution in [0.2, 0.25) is 0 Å². The van der Waals surface area contributed by atoms with Crippen molar-refractivity contribution >= 4 is 27.6 Å². The fourth-order valence-electron chi connectivity index (χ4n) is 3.41. The van der Waals surface area contributed by atoms with Gasteiger partial charge >= 0.3 is 6.03 Å². The SMILES string of the molecule is Cc1ccc(O)c(S(=O)(=O)N2CCN(C(=O)c3ccc(NC(=O)NC(C)C)cc3)CC2)c1. The van der Waals surface area contributed by atoms with Crippen molar-refractivity contribution in [1.29, 1.82) is 0 Å². The minimum absolute atomic E-state index is 0.00761. The lowest BCUT2D eigenvalue weighted by atomic mass is 10.1. The molecule has 3 N–H and O–H groups in total. The monoisotopic (exact) mass is 460 g/mol. The predicted octanol–water partition coefficient (Wildman–Crippen LogP) is 2.38. The van der Waals surface area contributed by atoms with E-state index in [2.05, 4.69) is 10.6 Å². The Morgan fingerprint density at radius 1 is 1.00 bits per heavy atom. The third-order valence-corrected chi connectivity index (χ3v) is 7.00. The molecule has 0 spiro atoms. The fraction of sp³-hybridized carbons (Fsp3) is 0.364. The molecule has 0 aromatic heterocycles. The summed E-state index contributed by atoms with van der Waals surface area (Å²) in [5, 5.41) is 15.4. The molecule has 1 saturated heterocycles. The Balaban J connectivity index is 1.62. The molecule has 1 aliphatic rings. The number of carbonyl (C=O) groups excluding carboxylic acids is 2. The second-order valence-electron chi connectivity index (χ2n) is 8.00. The molecule has 9 nitrogen and oxygen atoms in total. The van der Waals surface area contributed by atoms with Crippen LogP contribution in [0.4, 0.5) is 10.5 Å². The zero-order valence-corrected chi connectivity index (χ0v) is 19.1. The van der Waals surface area contributed by atoms with Crippen LogP contribution in [-0.2, 0) is 10.0 Å². The molecule has 1 heterocycles. The quantitative estimate of drug-likeness (QED) is 0.633. The third-order valence-electron chi connectivity index (χ3n) is 5.07. The van der Waals surface area contributed by atoms with Crippen LogP contribution in [0.3, 0.4) is 0 Å². The summed E-state index contributed by atoms with van der Waals surface area (Å²) in [4.78, 5) is 26.1. The van der Waals surface area contributed by atoms with E-state index in [0.717, 1.165) is 5.56 Å². The number of piperazine rings is 1. The molecule has 0 aliphatic carbocycles. The number of phenols is 1. The number of carbonyl (C=O) groups is 2. The number of nitrogens with zero attached hydrogens (tertiary/aromatic N) is 2. The van der Waals surface area contributed by atoms with Crippen molar-refractivity contribution in [3.05, 3.63) is 53.6 Å². The summed E-state index contributed by atoms with van der Waals surface area (Å²) >= 11 is 0.